The lowest BCUT2D eigenvalue weighted by atomic mass is 9.69. The predicted octanol–water partition coefficient (Wildman–Crippen LogP) is 3.29. The number of hydrogen-bond donors (Lipinski definition) is 1. The molecule has 0 radical (unpaired) electrons. The van der Waals surface area contributed by atoms with Gasteiger partial charge in [-0.25, -0.2) is 4.68 Å². The van der Waals surface area contributed by atoms with Gasteiger partial charge in [-0.3, -0.25) is 4.79 Å². The molecule has 0 spiro atoms. The van der Waals surface area contributed by atoms with Crippen LogP contribution in [-0.4, -0.2) is 32.7 Å². The van der Waals surface area contributed by atoms with E-state index in [4.69, 9.17) is 0 Å². The van der Waals surface area contributed by atoms with Crippen LogP contribution in [-0.2, 0) is 5.41 Å². The lowest BCUT2D eigenvalue weighted by Gasteiger charge is -2.38. The Bertz CT molecular complexity index is 886. The second-order valence-corrected chi connectivity index (χ2v) is 7.19. The summed E-state index contributed by atoms with van der Waals surface area (Å²) in [6.07, 6.45) is 7.43. The van der Waals surface area contributed by atoms with Gasteiger partial charge in [0.05, 0.1) is 5.69 Å². The summed E-state index contributed by atoms with van der Waals surface area (Å²) in [7, 11) is 0. The molecule has 4 rings (SSSR count). The molecular formula is C21H23N5O. The maximum Gasteiger partial charge on any atom is 0.251 e. The Morgan fingerprint density at radius 3 is 2.59 bits per heavy atom. The van der Waals surface area contributed by atoms with Gasteiger partial charge in [0, 0.05) is 17.5 Å². The Hall–Kier alpha value is -3.02. The molecule has 1 aliphatic carbocycles. The average Bonchev–Trinajstić information content (AvgIpc) is 3.28. The summed E-state index contributed by atoms with van der Waals surface area (Å²) in [6, 6.07) is 17.9. The third-order valence-electron chi connectivity index (χ3n) is 5.51. The van der Waals surface area contributed by atoms with E-state index in [1.54, 1.807) is 4.68 Å². The van der Waals surface area contributed by atoms with Crippen molar-refractivity contribution in [1.82, 2.24) is 25.5 Å². The average molecular weight is 361 g/mol. The Balaban J connectivity index is 1.51. The zero-order valence-corrected chi connectivity index (χ0v) is 15.2. The van der Waals surface area contributed by atoms with Gasteiger partial charge >= 0.3 is 0 Å². The summed E-state index contributed by atoms with van der Waals surface area (Å²) in [5.41, 5.74) is 2.74. The van der Waals surface area contributed by atoms with E-state index in [0.717, 1.165) is 18.5 Å². The lowest BCUT2D eigenvalue weighted by Crippen LogP contribution is -2.42. The fourth-order valence-electron chi connectivity index (χ4n) is 4.01. The van der Waals surface area contributed by atoms with Crippen LogP contribution in [0, 0.1) is 0 Å². The van der Waals surface area contributed by atoms with E-state index in [1.807, 2.05) is 30.3 Å². The van der Waals surface area contributed by atoms with Crippen molar-refractivity contribution in [3.8, 4) is 5.69 Å². The Morgan fingerprint density at radius 1 is 1.04 bits per heavy atom. The predicted molar refractivity (Wildman–Crippen MR) is 103 cm³/mol. The number of amides is 1. The number of aromatic nitrogens is 4. The summed E-state index contributed by atoms with van der Waals surface area (Å²) in [5, 5.41) is 14.4. The van der Waals surface area contributed by atoms with Gasteiger partial charge in [-0.15, -0.1) is 5.10 Å². The van der Waals surface area contributed by atoms with Gasteiger partial charge in [0.25, 0.3) is 5.91 Å². The van der Waals surface area contributed by atoms with Crippen molar-refractivity contribution in [3.05, 3.63) is 72.1 Å². The molecule has 1 aromatic heterocycles. The van der Waals surface area contributed by atoms with E-state index in [-0.39, 0.29) is 11.3 Å². The smallest absolute Gasteiger partial charge is 0.251 e. The Labute approximate surface area is 158 Å². The molecule has 0 bridgehead atoms. The molecule has 1 heterocycles. The number of carbonyl (C=O) groups is 1. The molecule has 138 valence electrons. The molecule has 0 saturated heterocycles. The van der Waals surface area contributed by atoms with Gasteiger partial charge < -0.3 is 5.32 Å². The highest BCUT2D eigenvalue weighted by Crippen LogP contribution is 2.38. The largest absolute Gasteiger partial charge is 0.351 e. The first-order chi connectivity index (χ1) is 13.3. The van der Waals surface area contributed by atoms with Gasteiger partial charge in [-0.05, 0) is 47.0 Å². The third-order valence-corrected chi connectivity index (χ3v) is 5.51. The van der Waals surface area contributed by atoms with Crippen LogP contribution < -0.4 is 5.32 Å². The molecule has 1 N–H and O–H groups in total. The molecule has 2 aromatic carbocycles. The Kier molecular flexibility index (Phi) is 4.96. The summed E-state index contributed by atoms with van der Waals surface area (Å²) in [5.74, 6) is -0.0641. The van der Waals surface area contributed by atoms with Crippen molar-refractivity contribution in [3.63, 3.8) is 0 Å². The zero-order chi connectivity index (χ0) is 18.5. The number of rotatable bonds is 5. The van der Waals surface area contributed by atoms with Crippen molar-refractivity contribution in [2.24, 2.45) is 0 Å². The van der Waals surface area contributed by atoms with Gasteiger partial charge in [-0.2, -0.15) is 0 Å². The maximum atomic E-state index is 12.8. The van der Waals surface area contributed by atoms with Gasteiger partial charge in [0.2, 0.25) is 0 Å². The monoisotopic (exact) mass is 361 g/mol. The van der Waals surface area contributed by atoms with Crippen LogP contribution in [0.3, 0.4) is 0 Å². The van der Waals surface area contributed by atoms with Crippen molar-refractivity contribution < 1.29 is 4.79 Å². The molecule has 27 heavy (non-hydrogen) atoms. The van der Waals surface area contributed by atoms with E-state index in [1.165, 1.54) is 31.2 Å². The van der Waals surface area contributed by atoms with Crippen LogP contribution >= 0.6 is 0 Å². The molecular weight excluding hydrogens is 338 g/mol. The fourth-order valence-corrected chi connectivity index (χ4v) is 4.01. The number of benzene rings is 2. The molecule has 1 amide bonds. The second-order valence-electron chi connectivity index (χ2n) is 7.19. The highest BCUT2D eigenvalue weighted by atomic mass is 16.1. The van der Waals surface area contributed by atoms with Crippen molar-refractivity contribution >= 4 is 5.91 Å². The van der Waals surface area contributed by atoms with Crippen LogP contribution in [0.2, 0.25) is 0 Å². The van der Waals surface area contributed by atoms with Crippen molar-refractivity contribution in [2.45, 2.75) is 37.5 Å². The zero-order valence-electron chi connectivity index (χ0n) is 15.2. The van der Waals surface area contributed by atoms with E-state index >= 15 is 0 Å². The van der Waals surface area contributed by atoms with E-state index < -0.39 is 0 Å². The Morgan fingerprint density at radius 2 is 1.85 bits per heavy atom. The lowest BCUT2D eigenvalue weighted by molar-refractivity contribution is 0.0936. The van der Waals surface area contributed by atoms with Crippen LogP contribution in [0.4, 0.5) is 0 Å². The number of nitrogens with zero attached hydrogens (tertiary/aromatic N) is 4. The van der Waals surface area contributed by atoms with E-state index in [9.17, 15) is 4.79 Å². The standard InChI is InChI=1S/C21H23N5O/c27-20(17-8-7-11-19(14-17)26-16-23-24-25-26)22-15-21(12-5-2-6-13-21)18-9-3-1-4-10-18/h1,3-4,7-11,14,16H,2,5-6,12-13,15H2,(H,22,27). The van der Waals surface area contributed by atoms with E-state index in [2.05, 4.69) is 45.1 Å². The molecule has 6 nitrogen and oxygen atoms in total. The number of hydrogen-bond acceptors (Lipinski definition) is 4. The quantitative estimate of drug-likeness (QED) is 0.757. The molecule has 6 heteroatoms. The molecule has 0 aliphatic heterocycles. The summed E-state index contributed by atoms with van der Waals surface area (Å²) < 4.78 is 1.55. The van der Waals surface area contributed by atoms with Crippen molar-refractivity contribution in [1.29, 1.82) is 0 Å². The van der Waals surface area contributed by atoms with Gasteiger partial charge in [-0.1, -0.05) is 55.7 Å². The number of tetrazole rings is 1. The first-order valence-electron chi connectivity index (χ1n) is 9.44. The van der Waals surface area contributed by atoms with Crippen LogP contribution in [0.25, 0.3) is 5.69 Å². The fraction of sp³-hybridized carbons (Fsp3) is 0.333. The first kappa shape index (κ1) is 17.4. The molecule has 0 unspecified atom stereocenters. The third kappa shape index (κ3) is 3.74. The number of carbonyl (C=O) groups excluding carboxylic acids is 1. The minimum absolute atomic E-state index is 0.0304. The first-order valence-corrected chi connectivity index (χ1v) is 9.44. The van der Waals surface area contributed by atoms with Crippen LogP contribution in [0.5, 0.6) is 0 Å². The summed E-state index contributed by atoms with van der Waals surface area (Å²) >= 11 is 0. The van der Waals surface area contributed by atoms with Crippen molar-refractivity contribution in [2.75, 3.05) is 6.54 Å². The topological polar surface area (TPSA) is 72.7 Å². The highest BCUT2D eigenvalue weighted by Gasteiger charge is 2.34. The van der Waals surface area contributed by atoms with Gasteiger partial charge in [0.1, 0.15) is 6.33 Å². The minimum atomic E-state index is -0.0641. The molecule has 1 fully saturated rings. The molecule has 0 atom stereocenters. The molecule has 1 saturated carbocycles. The minimum Gasteiger partial charge on any atom is -0.351 e. The SMILES string of the molecule is O=C(NCC1(c2ccccc2)CCCCC1)c1cccc(-n2cnnn2)c1. The number of nitrogens with one attached hydrogen (secondary N) is 1. The van der Waals surface area contributed by atoms with Crippen LogP contribution in [0.1, 0.15) is 48.0 Å². The molecule has 1 aliphatic rings. The van der Waals surface area contributed by atoms with E-state index in [0.29, 0.717) is 12.1 Å². The second kappa shape index (κ2) is 7.70. The summed E-state index contributed by atoms with van der Waals surface area (Å²) in [4.78, 5) is 12.8. The highest BCUT2D eigenvalue weighted by molar-refractivity contribution is 5.94. The van der Waals surface area contributed by atoms with Gasteiger partial charge in [0.15, 0.2) is 0 Å². The maximum absolute atomic E-state index is 12.8. The summed E-state index contributed by atoms with van der Waals surface area (Å²) in [6.45, 7) is 0.658. The van der Waals surface area contributed by atoms with Crippen LogP contribution in [0.15, 0.2) is 60.9 Å². The normalized spacial score (nSPS) is 16.0. The molecule has 3 aromatic rings.